The number of imidazole rings is 1. The molecule has 0 spiro atoms. The van der Waals surface area contributed by atoms with Crippen LogP contribution in [0, 0.1) is 5.92 Å². The highest BCUT2D eigenvalue weighted by molar-refractivity contribution is 5.97. The van der Waals surface area contributed by atoms with Crippen LogP contribution in [0.4, 0.5) is 0 Å². The Bertz CT molecular complexity index is 927. The van der Waals surface area contributed by atoms with Crippen molar-refractivity contribution in [2.24, 2.45) is 5.92 Å². The number of piperidine rings is 1. The van der Waals surface area contributed by atoms with Gasteiger partial charge < -0.3 is 19.9 Å². The number of esters is 1. The molecule has 32 heavy (non-hydrogen) atoms. The van der Waals surface area contributed by atoms with E-state index in [-0.39, 0.29) is 24.8 Å². The number of carbonyl (C=O) groups is 2. The first kappa shape index (κ1) is 22.8. The highest BCUT2D eigenvalue weighted by atomic mass is 16.5. The SMILES string of the molecule is COC(=O)CCNC(=O)c1ccc2c(c1)nc(CCC1CCNCC1)n2C1CCCCC1. The fourth-order valence-electron chi connectivity index (χ4n) is 5.20. The Balaban J connectivity index is 1.53. The first-order valence-electron chi connectivity index (χ1n) is 12.2. The van der Waals surface area contributed by atoms with Crippen LogP contribution in [0.1, 0.15) is 80.0 Å². The number of methoxy groups -OCH3 is 1. The van der Waals surface area contributed by atoms with Gasteiger partial charge in [0.1, 0.15) is 5.82 Å². The van der Waals surface area contributed by atoms with Crippen LogP contribution in [-0.4, -0.2) is 48.2 Å². The minimum Gasteiger partial charge on any atom is -0.469 e. The number of aromatic nitrogens is 2. The van der Waals surface area contributed by atoms with Crippen LogP contribution in [0.2, 0.25) is 0 Å². The summed E-state index contributed by atoms with van der Waals surface area (Å²) >= 11 is 0. The van der Waals surface area contributed by atoms with Crippen molar-refractivity contribution in [2.45, 2.75) is 70.3 Å². The first-order chi connectivity index (χ1) is 15.7. The number of rotatable bonds is 8. The van der Waals surface area contributed by atoms with Gasteiger partial charge in [0.2, 0.25) is 0 Å². The van der Waals surface area contributed by atoms with Gasteiger partial charge in [-0.1, -0.05) is 19.3 Å². The summed E-state index contributed by atoms with van der Waals surface area (Å²) in [5.41, 5.74) is 2.63. The fraction of sp³-hybridized carbons (Fsp3) is 0.640. The molecule has 2 fully saturated rings. The summed E-state index contributed by atoms with van der Waals surface area (Å²) in [5.74, 6) is 1.44. The topological polar surface area (TPSA) is 85.2 Å². The van der Waals surface area contributed by atoms with Crippen molar-refractivity contribution in [3.63, 3.8) is 0 Å². The van der Waals surface area contributed by atoms with Crippen LogP contribution in [-0.2, 0) is 16.0 Å². The Morgan fingerprint density at radius 1 is 1.16 bits per heavy atom. The maximum Gasteiger partial charge on any atom is 0.307 e. The molecule has 2 heterocycles. The number of ether oxygens (including phenoxy) is 1. The second kappa shape index (κ2) is 10.9. The second-order valence-corrected chi connectivity index (χ2v) is 9.21. The van der Waals surface area contributed by atoms with Crippen molar-refractivity contribution in [3.05, 3.63) is 29.6 Å². The smallest absolute Gasteiger partial charge is 0.307 e. The lowest BCUT2D eigenvalue weighted by Gasteiger charge is -2.27. The number of aryl methyl sites for hydroxylation is 1. The zero-order valence-corrected chi connectivity index (χ0v) is 19.2. The van der Waals surface area contributed by atoms with E-state index in [0.29, 0.717) is 11.6 Å². The van der Waals surface area contributed by atoms with Crippen LogP contribution in [0.25, 0.3) is 11.0 Å². The average molecular weight is 441 g/mol. The fourth-order valence-corrected chi connectivity index (χ4v) is 5.20. The van der Waals surface area contributed by atoms with Crippen molar-refractivity contribution in [1.82, 2.24) is 20.2 Å². The molecule has 1 aliphatic heterocycles. The van der Waals surface area contributed by atoms with Gasteiger partial charge in [-0.15, -0.1) is 0 Å². The van der Waals surface area contributed by atoms with Crippen LogP contribution in [0.3, 0.4) is 0 Å². The van der Waals surface area contributed by atoms with Gasteiger partial charge in [0.05, 0.1) is 24.6 Å². The van der Waals surface area contributed by atoms with E-state index in [1.807, 2.05) is 12.1 Å². The van der Waals surface area contributed by atoms with Gasteiger partial charge in [-0.2, -0.15) is 0 Å². The molecule has 2 aromatic rings. The van der Waals surface area contributed by atoms with Crippen molar-refractivity contribution in [2.75, 3.05) is 26.7 Å². The zero-order chi connectivity index (χ0) is 22.3. The third kappa shape index (κ3) is 5.49. The van der Waals surface area contributed by atoms with Crippen molar-refractivity contribution < 1.29 is 14.3 Å². The predicted octanol–water partition coefficient (Wildman–Crippen LogP) is 3.77. The molecule has 0 unspecified atom stereocenters. The normalized spacial score (nSPS) is 18.0. The monoisotopic (exact) mass is 440 g/mol. The Hall–Kier alpha value is -2.41. The van der Waals surface area contributed by atoms with E-state index in [1.54, 1.807) is 0 Å². The standard InChI is InChI=1S/C25H36N4O3/c1-32-24(30)13-16-27-25(31)19-8-9-22-21(17-19)28-23(10-7-18-11-14-26-15-12-18)29(22)20-5-3-2-4-6-20/h8-9,17-18,20,26H,2-7,10-16H2,1H3,(H,27,31). The van der Waals surface area contributed by atoms with E-state index >= 15 is 0 Å². The van der Waals surface area contributed by atoms with Gasteiger partial charge in [-0.05, 0) is 69.3 Å². The van der Waals surface area contributed by atoms with E-state index in [4.69, 9.17) is 4.98 Å². The molecular formula is C25H36N4O3. The molecule has 1 saturated heterocycles. The highest BCUT2D eigenvalue weighted by Gasteiger charge is 2.23. The molecule has 4 rings (SSSR count). The molecule has 1 aromatic carbocycles. The second-order valence-electron chi connectivity index (χ2n) is 9.21. The lowest BCUT2D eigenvalue weighted by molar-refractivity contribution is -0.140. The zero-order valence-electron chi connectivity index (χ0n) is 19.2. The lowest BCUT2D eigenvalue weighted by atomic mass is 9.92. The summed E-state index contributed by atoms with van der Waals surface area (Å²) in [5, 5.41) is 6.26. The van der Waals surface area contributed by atoms with Gasteiger partial charge in [-0.25, -0.2) is 4.98 Å². The summed E-state index contributed by atoms with van der Waals surface area (Å²) in [4.78, 5) is 28.9. The summed E-state index contributed by atoms with van der Waals surface area (Å²) in [6, 6.07) is 6.35. The number of amides is 1. The van der Waals surface area contributed by atoms with Crippen LogP contribution in [0.15, 0.2) is 18.2 Å². The van der Waals surface area contributed by atoms with Gasteiger partial charge in [0.15, 0.2) is 0 Å². The van der Waals surface area contributed by atoms with Gasteiger partial charge in [0, 0.05) is 24.6 Å². The number of nitrogens with zero attached hydrogens (tertiary/aromatic N) is 2. The quantitative estimate of drug-likeness (QED) is 0.611. The minimum absolute atomic E-state index is 0.168. The maximum absolute atomic E-state index is 12.6. The molecule has 7 heteroatoms. The van der Waals surface area contributed by atoms with Crippen LogP contribution >= 0.6 is 0 Å². The molecular weight excluding hydrogens is 404 g/mol. The largest absolute Gasteiger partial charge is 0.469 e. The van der Waals surface area contributed by atoms with E-state index in [9.17, 15) is 9.59 Å². The van der Waals surface area contributed by atoms with E-state index in [1.165, 1.54) is 64.3 Å². The summed E-state index contributed by atoms with van der Waals surface area (Å²) in [6.07, 6.45) is 11.1. The molecule has 0 bridgehead atoms. The van der Waals surface area contributed by atoms with Crippen molar-refractivity contribution in [3.8, 4) is 0 Å². The number of nitrogens with one attached hydrogen (secondary N) is 2. The molecule has 0 radical (unpaired) electrons. The van der Waals surface area contributed by atoms with E-state index < -0.39 is 0 Å². The van der Waals surface area contributed by atoms with Crippen LogP contribution < -0.4 is 10.6 Å². The summed E-state index contributed by atoms with van der Waals surface area (Å²) in [7, 11) is 1.35. The molecule has 1 aliphatic carbocycles. The predicted molar refractivity (Wildman–Crippen MR) is 125 cm³/mol. The minimum atomic E-state index is -0.328. The van der Waals surface area contributed by atoms with Crippen LogP contribution in [0.5, 0.6) is 0 Å². The summed E-state index contributed by atoms with van der Waals surface area (Å²) in [6.45, 7) is 2.51. The molecule has 2 N–H and O–H groups in total. The van der Waals surface area contributed by atoms with Crippen molar-refractivity contribution in [1.29, 1.82) is 0 Å². The summed E-state index contributed by atoms with van der Waals surface area (Å²) < 4.78 is 7.11. The number of hydrogen-bond donors (Lipinski definition) is 2. The molecule has 2 aliphatic rings. The highest BCUT2D eigenvalue weighted by Crippen LogP contribution is 2.33. The first-order valence-corrected chi connectivity index (χ1v) is 12.2. The van der Waals surface area contributed by atoms with Crippen molar-refractivity contribution >= 4 is 22.9 Å². The molecule has 174 valence electrons. The molecule has 1 amide bonds. The lowest BCUT2D eigenvalue weighted by Crippen LogP contribution is -2.28. The van der Waals surface area contributed by atoms with E-state index in [0.717, 1.165) is 36.5 Å². The van der Waals surface area contributed by atoms with Gasteiger partial charge in [0.25, 0.3) is 5.91 Å². The van der Waals surface area contributed by atoms with E-state index in [2.05, 4.69) is 26.0 Å². The number of benzene rings is 1. The third-order valence-electron chi connectivity index (χ3n) is 7.04. The Kier molecular flexibility index (Phi) is 7.79. The number of hydrogen-bond acceptors (Lipinski definition) is 5. The molecule has 0 atom stereocenters. The molecule has 1 saturated carbocycles. The molecule has 1 aromatic heterocycles. The van der Waals surface area contributed by atoms with Gasteiger partial charge >= 0.3 is 5.97 Å². The number of carbonyl (C=O) groups excluding carboxylic acids is 2. The van der Waals surface area contributed by atoms with Gasteiger partial charge in [-0.3, -0.25) is 9.59 Å². The average Bonchev–Trinajstić information content (AvgIpc) is 3.21. The Morgan fingerprint density at radius 3 is 2.69 bits per heavy atom. The number of fused-ring (bicyclic) bond motifs is 1. The Morgan fingerprint density at radius 2 is 1.94 bits per heavy atom. The molecule has 7 nitrogen and oxygen atoms in total. The Labute approximate surface area is 190 Å². The maximum atomic E-state index is 12.6. The third-order valence-corrected chi connectivity index (χ3v) is 7.04.